The lowest BCUT2D eigenvalue weighted by Gasteiger charge is -2.25. The zero-order valence-corrected chi connectivity index (χ0v) is 14.8. The predicted octanol–water partition coefficient (Wildman–Crippen LogP) is 5.55. The first-order chi connectivity index (χ1) is 12.5. The minimum absolute atomic E-state index is 0.0975. The van der Waals surface area contributed by atoms with Gasteiger partial charge in [0.05, 0.1) is 11.3 Å². The third-order valence-corrected chi connectivity index (χ3v) is 4.11. The van der Waals surface area contributed by atoms with Crippen LogP contribution in [0.5, 0.6) is 0 Å². The average molecular weight is 355 g/mol. The Morgan fingerprint density at radius 3 is 2.73 bits per heavy atom. The third kappa shape index (κ3) is 4.17. The molecule has 26 heavy (non-hydrogen) atoms. The second kappa shape index (κ2) is 8.94. The van der Waals surface area contributed by atoms with Gasteiger partial charge in [-0.3, -0.25) is 0 Å². The van der Waals surface area contributed by atoms with Crippen molar-refractivity contribution in [2.24, 2.45) is 0 Å². The van der Waals surface area contributed by atoms with Gasteiger partial charge in [-0.25, -0.2) is 8.78 Å². The molecular formula is C21H23F2N3. The van der Waals surface area contributed by atoms with Crippen LogP contribution in [-0.4, -0.2) is 11.1 Å². The van der Waals surface area contributed by atoms with E-state index in [1.54, 1.807) is 35.5 Å². The number of hydrogen-bond acceptors (Lipinski definition) is 3. The van der Waals surface area contributed by atoms with Crippen LogP contribution in [0.4, 0.5) is 14.5 Å². The van der Waals surface area contributed by atoms with E-state index in [1.165, 1.54) is 12.3 Å². The number of halogens is 2. The van der Waals surface area contributed by atoms with Crippen LogP contribution in [0.15, 0.2) is 66.7 Å². The fraction of sp³-hybridized carbons (Fsp3) is 0.190. The molecule has 3 N–H and O–H groups in total. The second-order valence-corrected chi connectivity index (χ2v) is 5.87. The van der Waals surface area contributed by atoms with Crippen LogP contribution < -0.4 is 5.73 Å². The molecular weight excluding hydrogens is 332 g/mol. The molecule has 136 valence electrons. The molecule has 1 aromatic rings. The molecule has 0 saturated carbocycles. The van der Waals surface area contributed by atoms with Gasteiger partial charge >= 0.3 is 0 Å². The van der Waals surface area contributed by atoms with Crippen LogP contribution in [0.3, 0.4) is 0 Å². The smallest absolute Gasteiger partial charge is 0.156 e. The SMILES string of the molecule is C=CN1C=C(c2c(F)ccc(N)c2F)C=C/C1=C(\C=C\C=N)CCCC. The topological polar surface area (TPSA) is 53.1 Å². The number of anilines is 1. The Morgan fingerprint density at radius 2 is 2.08 bits per heavy atom. The van der Waals surface area contributed by atoms with E-state index < -0.39 is 11.6 Å². The maximum absolute atomic E-state index is 14.3. The maximum Gasteiger partial charge on any atom is 0.156 e. The summed E-state index contributed by atoms with van der Waals surface area (Å²) in [5.74, 6) is -1.44. The molecule has 0 spiro atoms. The molecule has 3 nitrogen and oxygen atoms in total. The van der Waals surface area contributed by atoms with Gasteiger partial charge in [-0.15, -0.1) is 0 Å². The summed E-state index contributed by atoms with van der Waals surface area (Å²) in [5.41, 5.74) is 7.59. The zero-order chi connectivity index (χ0) is 19.1. The molecule has 5 heteroatoms. The summed E-state index contributed by atoms with van der Waals surface area (Å²) >= 11 is 0. The van der Waals surface area contributed by atoms with Gasteiger partial charge in [0.25, 0.3) is 0 Å². The summed E-state index contributed by atoms with van der Waals surface area (Å²) < 4.78 is 28.5. The summed E-state index contributed by atoms with van der Waals surface area (Å²) in [6.45, 7) is 5.91. The fourth-order valence-corrected chi connectivity index (χ4v) is 2.75. The first-order valence-corrected chi connectivity index (χ1v) is 8.48. The van der Waals surface area contributed by atoms with Crippen molar-refractivity contribution in [1.29, 1.82) is 5.41 Å². The van der Waals surface area contributed by atoms with E-state index in [1.807, 2.05) is 6.08 Å². The highest BCUT2D eigenvalue weighted by atomic mass is 19.1. The van der Waals surface area contributed by atoms with E-state index in [2.05, 4.69) is 13.5 Å². The molecule has 0 aromatic heterocycles. The number of unbranched alkanes of at least 4 members (excludes halogenated alkanes) is 1. The van der Waals surface area contributed by atoms with Crippen LogP contribution in [0.25, 0.3) is 5.57 Å². The van der Waals surface area contributed by atoms with Crippen molar-refractivity contribution in [3.63, 3.8) is 0 Å². The Hall–Kier alpha value is -2.95. The molecule has 0 fully saturated rings. The normalized spacial score (nSPS) is 16.0. The van der Waals surface area contributed by atoms with Crippen LogP contribution in [0, 0.1) is 17.0 Å². The van der Waals surface area contributed by atoms with Crippen LogP contribution in [0.1, 0.15) is 31.7 Å². The van der Waals surface area contributed by atoms with Crippen molar-refractivity contribution in [3.05, 3.63) is 83.9 Å². The summed E-state index contributed by atoms with van der Waals surface area (Å²) in [6.07, 6.45) is 14.3. The Kier molecular flexibility index (Phi) is 6.67. The highest BCUT2D eigenvalue weighted by Gasteiger charge is 2.19. The van der Waals surface area contributed by atoms with Gasteiger partial charge in [0.2, 0.25) is 0 Å². The van der Waals surface area contributed by atoms with Gasteiger partial charge in [0, 0.05) is 29.9 Å². The lowest BCUT2D eigenvalue weighted by molar-refractivity contribution is 0.577. The largest absolute Gasteiger partial charge is 0.396 e. The molecule has 0 saturated heterocycles. The van der Waals surface area contributed by atoms with Gasteiger partial charge in [-0.1, -0.05) is 32.1 Å². The first-order valence-electron chi connectivity index (χ1n) is 8.48. The number of benzene rings is 1. The van der Waals surface area contributed by atoms with Crippen LogP contribution in [0.2, 0.25) is 0 Å². The third-order valence-electron chi connectivity index (χ3n) is 4.11. The Labute approximate surface area is 153 Å². The highest BCUT2D eigenvalue weighted by molar-refractivity contribution is 5.79. The quantitative estimate of drug-likeness (QED) is 0.497. The lowest BCUT2D eigenvalue weighted by atomic mass is 9.98. The summed E-state index contributed by atoms with van der Waals surface area (Å²) in [7, 11) is 0. The average Bonchev–Trinajstić information content (AvgIpc) is 2.65. The molecule has 0 amide bonds. The molecule has 0 radical (unpaired) electrons. The molecule has 1 aliphatic heterocycles. The van der Waals surface area contributed by atoms with Crippen molar-refractivity contribution in [2.45, 2.75) is 26.2 Å². The number of nitrogens with two attached hydrogens (primary N) is 1. The number of nitrogens with zero attached hydrogens (tertiary/aromatic N) is 1. The summed E-state index contributed by atoms with van der Waals surface area (Å²) in [6, 6.07) is 2.37. The molecule has 2 rings (SSSR count). The highest BCUT2D eigenvalue weighted by Crippen LogP contribution is 2.32. The summed E-state index contributed by atoms with van der Waals surface area (Å²) in [5, 5.41) is 7.20. The van der Waals surface area contributed by atoms with E-state index in [-0.39, 0.29) is 11.3 Å². The van der Waals surface area contributed by atoms with Gasteiger partial charge in [-0.2, -0.15) is 0 Å². The van der Waals surface area contributed by atoms with Crippen molar-refractivity contribution < 1.29 is 8.78 Å². The molecule has 1 aromatic carbocycles. The molecule has 0 aliphatic carbocycles. The molecule has 0 atom stereocenters. The van der Waals surface area contributed by atoms with E-state index in [0.717, 1.165) is 36.6 Å². The number of nitrogens with one attached hydrogen (secondary N) is 1. The fourth-order valence-electron chi connectivity index (χ4n) is 2.75. The Morgan fingerprint density at radius 1 is 1.31 bits per heavy atom. The molecule has 1 heterocycles. The lowest BCUT2D eigenvalue weighted by Crippen LogP contribution is -2.14. The van der Waals surface area contributed by atoms with Gasteiger partial charge in [0.15, 0.2) is 5.82 Å². The number of nitrogen functional groups attached to an aromatic ring is 1. The van der Waals surface area contributed by atoms with Crippen LogP contribution >= 0.6 is 0 Å². The number of hydrogen-bond donors (Lipinski definition) is 2. The van der Waals surface area contributed by atoms with Crippen molar-refractivity contribution >= 4 is 17.5 Å². The van der Waals surface area contributed by atoms with Gasteiger partial charge in [-0.05, 0) is 42.7 Å². The maximum atomic E-state index is 14.3. The van der Waals surface area contributed by atoms with Gasteiger partial charge < -0.3 is 16.0 Å². The summed E-state index contributed by atoms with van der Waals surface area (Å²) in [4.78, 5) is 1.73. The van der Waals surface area contributed by atoms with Crippen molar-refractivity contribution in [1.82, 2.24) is 4.90 Å². The van der Waals surface area contributed by atoms with E-state index >= 15 is 0 Å². The zero-order valence-electron chi connectivity index (χ0n) is 14.8. The molecule has 0 unspecified atom stereocenters. The predicted molar refractivity (Wildman–Crippen MR) is 104 cm³/mol. The minimum Gasteiger partial charge on any atom is -0.396 e. The van der Waals surface area contributed by atoms with Crippen LogP contribution in [-0.2, 0) is 0 Å². The molecule has 1 aliphatic rings. The van der Waals surface area contributed by atoms with E-state index in [9.17, 15) is 8.78 Å². The second-order valence-electron chi connectivity index (χ2n) is 5.87. The van der Waals surface area contributed by atoms with Crippen molar-refractivity contribution in [3.8, 4) is 0 Å². The van der Waals surface area contributed by atoms with E-state index in [0.29, 0.717) is 5.57 Å². The van der Waals surface area contributed by atoms with E-state index in [4.69, 9.17) is 11.1 Å². The first kappa shape index (κ1) is 19.4. The Bertz CT molecular complexity index is 817. The molecule has 0 bridgehead atoms. The minimum atomic E-state index is -0.771. The van der Waals surface area contributed by atoms with Gasteiger partial charge in [0.1, 0.15) is 5.82 Å². The number of rotatable bonds is 7. The monoisotopic (exact) mass is 355 g/mol. The Balaban J connectivity index is 2.50. The standard InChI is InChI=1S/C21H23F2N3/c1-3-5-7-15(8-6-13-24)19-12-9-16(14-26(19)4-2)20-17(22)10-11-18(25)21(20)23/h4,6,8-14,24H,2-3,5,7,25H2,1H3/b8-6+,19-15+,24-13?. The van der Waals surface area contributed by atoms with Crippen molar-refractivity contribution in [2.75, 3.05) is 5.73 Å². The number of allylic oxidation sites excluding steroid dienone is 6.